The van der Waals surface area contributed by atoms with Gasteiger partial charge in [-0.15, -0.1) is 13.2 Å². The summed E-state index contributed by atoms with van der Waals surface area (Å²) >= 11 is 0. The molecule has 1 fully saturated rings. The van der Waals surface area contributed by atoms with Crippen molar-refractivity contribution in [3.05, 3.63) is 84.1 Å². The molecule has 162 valence electrons. The number of ether oxygens (including phenoxy) is 2. The highest BCUT2D eigenvalue weighted by Gasteiger charge is 2.32. The number of alkyl halides is 3. The first-order valence-electron chi connectivity index (χ1n) is 9.92. The van der Waals surface area contributed by atoms with Crippen LogP contribution in [0.1, 0.15) is 17.2 Å². The molecule has 2 aromatic carbocycles. The van der Waals surface area contributed by atoms with Crippen molar-refractivity contribution >= 4 is 11.5 Å². The molecule has 1 aliphatic rings. The van der Waals surface area contributed by atoms with Crippen molar-refractivity contribution in [2.45, 2.75) is 19.0 Å². The van der Waals surface area contributed by atoms with Gasteiger partial charge >= 0.3 is 6.36 Å². The molecule has 0 radical (unpaired) electrons. The van der Waals surface area contributed by atoms with Crippen LogP contribution in [0.15, 0.2) is 72.9 Å². The highest BCUT2D eigenvalue weighted by atomic mass is 19.4. The summed E-state index contributed by atoms with van der Waals surface area (Å²) in [6, 6.07) is 19.7. The highest BCUT2D eigenvalue weighted by molar-refractivity contribution is 5.64. The maximum Gasteiger partial charge on any atom is 0.573 e. The van der Waals surface area contributed by atoms with E-state index in [1.807, 2.05) is 24.3 Å². The van der Waals surface area contributed by atoms with Gasteiger partial charge in [0.05, 0.1) is 18.4 Å². The molecule has 1 atom stereocenters. The van der Waals surface area contributed by atoms with E-state index < -0.39 is 6.36 Å². The minimum Gasteiger partial charge on any atom is -0.404 e. The van der Waals surface area contributed by atoms with Crippen LogP contribution in [0.25, 0.3) is 0 Å². The number of rotatable bonds is 6. The van der Waals surface area contributed by atoms with E-state index in [-0.39, 0.29) is 17.5 Å². The molecule has 1 aliphatic heterocycles. The molecule has 0 bridgehead atoms. The molecule has 31 heavy (non-hydrogen) atoms. The topological polar surface area (TPSA) is 46.6 Å². The van der Waals surface area contributed by atoms with Crippen LogP contribution in [0, 0.1) is 0 Å². The molecule has 5 nitrogen and oxygen atoms in total. The third-order valence-corrected chi connectivity index (χ3v) is 4.93. The first kappa shape index (κ1) is 21.1. The monoisotopic (exact) mass is 429 g/mol. The number of pyridine rings is 1. The van der Waals surface area contributed by atoms with E-state index in [1.165, 1.54) is 18.2 Å². The van der Waals surface area contributed by atoms with Gasteiger partial charge in [0.2, 0.25) is 0 Å². The zero-order valence-electron chi connectivity index (χ0n) is 16.7. The molecule has 0 spiro atoms. The van der Waals surface area contributed by atoms with E-state index in [0.717, 1.165) is 24.2 Å². The molecule has 1 N–H and O–H groups in total. The Morgan fingerprint density at radius 2 is 1.81 bits per heavy atom. The first-order valence-corrected chi connectivity index (χ1v) is 9.92. The highest BCUT2D eigenvalue weighted by Crippen LogP contribution is 2.31. The number of benzene rings is 2. The van der Waals surface area contributed by atoms with E-state index in [4.69, 9.17) is 4.74 Å². The smallest absolute Gasteiger partial charge is 0.404 e. The molecule has 1 saturated heterocycles. The fourth-order valence-corrected chi connectivity index (χ4v) is 3.49. The Kier molecular flexibility index (Phi) is 6.39. The molecule has 3 aromatic rings. The number of nitrogens with one attached hydrogen (secondary N) is 1. The van der Waals surface area contributed by atoms with Gasteiger partial charge in [0, 0.05) is 25.8 Å². The predicted molar refractivity (Wildman–Crippen MR) is 111 cm³/mol. The molecular weight excluding hydrogens is 407 g/mol. The van der Waals surface area contributed by atoms with Gasteiger partial charge < -0.3 is 14.8 Å². The normalized spacial score (nSPS) is 17.3. The van der Waals surface area contributed by atoms with Crippen LogP contribution in [0.3, 0.4) is 0 Å². The van der Waals surface area contributed by atoms with Gasteiger partial charge in [-0.25, -0.2) is 4.98 Å². The molecule has 0 saturated carbocycles. The molecule has 4 rings (SSSR count). The summed E-state index contributed by atoms with van der Waals surface area (Å²) in [7, 11) is 0. The van der Waals surface area contributed by atoms with E-state index in [2.05, 4.69) is 32.1 Å². The Morgan fingerprint density at radius 1 is 1.03 bits per heavy atom. The molecule has 8 heteroatoms. The maximum absolute atomic E-state index is 12.6. The summed E-state index contributed by atoms with van der Waals surface area (Å²) in [5.41, 5.74) is 2.36. The fraction of sp³-hybridized carbons (Fsp3) is 0.261. The molecule has 2 heterocycles. The summed E-state index contributed by atoms with van der Waals surface area (Å²) < 4.78 is 47.7. The average molecular weight is 429 g/mol. The van der Waals surface area contributed by atoms with Gasteiger partial charge in [0.25, 0.3) is 0 Å². The van der Waals surface area contributed by atoms with Crippen LogP contribution >= 0.6 is 0 Å². The summed E-state index contributed by atoms with van der Waals surface area (Å²) in [6.45, 7) is 2.98. The van der Waals surface area contributed by atoms with Gasteiger partial charge in [-0.05, 0) is 29.3 Å². The van der Waals surface area contributed by atoms with Crippen LogP contribution < -0.4 is 10.1 Å². The summed E-state index contributed by atoms with van der Waals surface area (Å²) in [5, 5.41) is 2.88. The van der Waals surface area contributed by atoms with Crippen LogP contribution in [0.4, 0.5) is 24.7 Å². The summed E-state index contributed by atoms with van der Waals surface area (Å²) in [6.07, 6.45) is -3.00. The maximum atomic E-state index is 12.6. The zero-order chi connectivity index (χ0) is 21.7. The number of hydrogen-bond acceptors (Lipinski definition) is 5. The van der Waals surface area contributed by atoms with E-state index in [9.17, 15) is 13.2 Å². The Hall–Kier alpha value is -3.10. The molecule has 1 unspecified atom stereocenters. The quantitative estimate of drug-likeness (QED) is 0.576. The van der Waals surface area contributed by atoms with Gasteiger partial charge in [-0.2, -0.15) is 0 Å². The second-order valence-corrected chi connectivity index (χ2v) is 7.23. The van der Waals surface area contributed by atoms with Crippen molar-refractivity contribution in [1.82, 2.24) is 9.88 Å². The number of halogens is 3. The molecule has 0 aliphatic carbocycles. The molecule has 0 amide bonds. The Balaban J connectivity index is 1.38. The minimum atomic E-state index is -4.76. The van der Waals surface area contributed by atoms with Crippen molar-refractivity contribution in [3.8, 4) is 5.75 Å². The van der Waals surface area contributed by atoms with Gasteiger partial charge in [-0.3, -0.25) is 4.90 Å². The number of nitrogens with zero attached hydrogens (tertiary/aromatic N) is 2. The Bertz CT molecular complexity index is 981. The number of anilines is 2. The zero-order valence-corrected chi connectivity index (χ0v) is 16.7. The Labute approximate surface area is 178 Å². The van der Waals surface area contributed by atoms with Crippen LogP contribution in [0.5, 0.6) is 5.75 Å². The lowest BCUT2D eigenvalue weighted by molar-refractivity contribution is -0.274. The van der Waals surface area contributed by atoms with E-state index in [0.29, 0.717) is 19.0 Å². The van der Waals surface area contributed by atoms with Crippen molar-refractivity contribution in [1.29, 1.82) is 0 Å². The lowest BCUT2D eigenvalue weighted by Crippen LogP contribution is -2.37. The fourth-order valence-electron chi connectivity index (χ4n) is 3.49. The SMILES string of the molecule is FC(F)(F)Oc1ccccc1Nc1ccc(CN2CCOC(c3ccccc3)C2)cn1. The van der Waals surface area contributed by atoms with Gasteiger partial charge in [0.1, 0.15) is 5.82 Å². The second kappa shape index (κ2) is 9.36. The predicted octanol–water partition coefficient (Wildman–Crippen LogP) is 5.30. The minimum absolute atomic E-state index is 0.0361. The van der Waals surface area contributed by atoms with Crippen molar-refractivity contribution in [3.63, 3.8) is 0 Å². The van der Waals surface area contributed by atoms with Crippen LogP contribution in [-0.4, -0.2) is 35.9 Å². The third-order valence-electron chi connectivity index (χ3n) is 4.93. The summed E-state index contributed by atoms with van der Waals surface area (Å²) in [5.74, 6) is 0.132. The van der Waals surface area contributed by atoms with Crippen molar-refractivity contribution in [2.24, 2.45) is 0 Å². The third kappa shape index (κ3) is 5.96. The number of hydrogen-bond donors (Lipinski definition) is 1. The first-order chi connectivity index (χ1) is 15.0. The number of aromatic nitrogens is 1. The number of para-hydroxylation sites is 2. The van der Waals surface area contributed by atoms with Crippen molar-refractivity contribution in [2.75, 3.05) is 25.0 Å². The largest absolute Gasteiger partial charge is 0.573 e. The second-order valence-electron chi connectivity index (χ2n) is 7.23. The van der Waals surface area contributed by atoms with E-state index in [1.54, 1.807) is 18.3 Å². The molecular formula is C23H22F3N3O2. The Morgan fingerprint density at radius 3 is 2.55 bits per heavy atom. The van der Waals surface area contributed by atoms with Gasteiger partial charge in [-0.1, -0.05) is 48.5 Å². The van der Waals surface area contributed by atoms with Crippen LogP contribution in [-0.2, 0) is 11.3 Å². The lowest BCUT2D eigenvalue weighted by Gasteiger charge is -2.33. The number of morpholine rings is 1. The van der Waals surface area contributed by atoms with E-state index >= 15 is 0 Å². The lowest BCUT2D eigenvalue weighted by atomic mass is 10.1. The standard InChI is InChI=1S/C23H22F3N3O2/c24-23(25,26)31-20-9-5-4-8-19(20)28-22-11-10-17(14-27-22)15-29-12-13-30-21(16-29)18-6-2-1-3-7-18/h1-11,14,21H,12-13,15-16H2,(H,27,28). The van der Waals surface area contributed by atoms with Gasteiger partial charge in [0.15, 0.2) is 5.75 Å². The van der Waals surface area contributed by atoms with Crippen molar-refractivity contribution < 1.29 is 22.6 Å². The summed E-state index contributed by atoms with van der Waals surface area (Å²) in [4.78, 5) is 6.65. The molecule has 1 aromatic heterocycles. The average Bonchev–Trinajstić information content (AvgIpc) is 2.76. The van der Waals surface area contributed by atoms with Crippen LogP contribution in [0.2, 0.25) is 0 Å².